The van der Waals surface area contributed by atoms with Crippen molar-refractivity contribution in [3.05, 3.63) is 6.92 Å². The summed E-state index contributed by atoms with van der Waals surface area (Å²) in [6.45, 7) is 5.24. The fourth-order valence-electron chi connectivity index (χ4n) is 0.303. The Morgan fingerprint density at radius 1 is 1.62 bits per heavy atom. The second-order valence-electron chi connectivity index (χ2n) is 1.86. The maximum atomic E-state index is 10.5. The Morgan fingerprint density at radius 3 is 2.00 bits per heavy atom. The highest BCUT2D eigenvalue weighted by atomic mass is 32.2. The topological polar surface area (TPSA) is 34.1 Å². The Balaban J connectivity index is 4.04. The van der Waals surface area contributed by atoms with Crippen LogP contribution in [0.2, 0.25) is 0 Å². The first-order valence-electron chi connectivity index (χ1n) is 2.50. The van der Waals surface area contributed by atoms with Gasteiger partial charge in [0.25, 0.3) is 0 Å². The van der Waals surface area contributed by atoms with E-state index in [1.807, 2.05) is 0 Å². The predicted octanol–water partition coefficient (Wildman–Crippen LogP) is 0.644. The third-order valence-electron chi connectivity index (χ3n) is 1.06. The molecule has 1 unspecified atom stereocenters. The molecule has 1 atom stereocenters. The highest BCUT2D eigenvalue weighted by molar-refractivity contribution is 7.91. The highest BCUT2D eigenvalue weighted by Gasteiger charge is 2.10. The fourth-order valence-corrected chi connectivity index (χ4v) is 0.908. The molecule has 0 heterocycles. The second-order valence-corrected chi connectivity index (χ2v) is 4.19. The van der Waals surface area contributed by atoms with E-state index in [0.29, 0.717) is 6.42 Å². The van der Waals surface area contributed by atoms with Crippen LogP contribution in [0.3, 0.4) is 0 Å². The Bertz CT molecular complexity index is 146. The summed E-state index contributed by atoms with van der Waals surface area (Å²) in [5.41, 5.74) is 0. The lowest BCUT2D eigenvalue weighted by Crippen LogP contribution is -2.14. The minimum Gasteiger partial charge on any atom is -0.229 e. The molecule has 0 aliphatic rings. The number of hydrogen-bond donors (Lipinski definition) is 0. The van der Waals surface area contributed by atoms with Crippen molar-refractivity contribution in [2.45, 2.75) is 18.6 Å². The molecule has 3 heteroatoms. The molecule has 0 aromatic heterocycles. The third kappa shape index (κ3) is 2.31. The minimum absolute atomic E-state index is 0.428. The lowest BCUT2D eigenvalue weighted by Gasteiger charge is -2.02. The van der Waals surface area contributed by atoms with Crippen LogP contribution in [0.5, 0.6) is 0 Å². The van der Waals surface area contributed by atoms with Gasteiger partial charge in [0.15, 0.2) is 0 Å². The standard InChI is InChI=1S/C5H11O2S/c1-4-5(2)8(3,6)7/h5H,2,4H2,1,3H3. The summed E-state index contributed by atoms with van der Waals surface area (Å²) >= 11 is 0. The Hall–Kier alpha value is -0.0500. The van der Waals surface area contributed by atoms with Gasteiger partial charge in [0.1, 0.15) is 9.84 Å². The molecule has 0 aliphatic heterocycles. The van der Waals surface area contributed by atoms with Crippen molar-refractivity contribution >= 4 is 9.84 Å². The molecule has 0 N–H and O–H groups in total. The molecule has 0 amide bonds. The summed E-state index contributed by atoms with van der Waals surface area (Å²) < 4.78 is 21.0. The molecule has 49 valence electrons. The van der Waals surface area contributed by atoms with Gasteiger partial charge < -0.3 is 0 Å². The predicted molar refractivity (Wildman–Crippen MR) is 34.3 cm³/mol. The van der Waals surface area contributed by atoms with Gasteiger partial charge in [-0.15, -0.1) is 0 Å². The first-order chi connectivity index (χ1) is 3.48. The molecule has 0 spiro atoms. The van der Waals surface area contributed by atoms with Crippen molar-refractivity contribution in [1.29, 1.82) is 0 Å². The SMILES string of the molecule is [CH2]C(CC)S(C)(=O)=O. The van der Waals surface area contributed by atoms with E-state index in [-0.39, 0.29) is 0 Å². The Morgan fingerprint density at radius 2 is 2.00 bits per heavy atom. The van der Waals surface area contributed by atoms with Crippen molar-refractivity contribution in [3.63, 3.8) is 0 Å². The van der Waals surface area contributed by atoms with Crippen LogP contribution in [0.4, 0.5) is 0 Å². The Kier molecular flexibility index (Phi) is 2.47. The normalized spacial score (nSPS) is 15.9. The first kappa shape index (κ1) is 7.95. The molecular formula is C5H11O2S. The average Bonchev–Trinajstić information content (AvgIpc) is 1.62. The zero-order valence-electron chi connectivity index (χ0n) is 5.22. The summed E-state index contributed by atoms with van der Waals surface area (Å²) in [5.74, 6) is 0. The van der Waals surface area contributed by atoms with Crippen LogP contribution in [0.25, 0.3) is 0 Å². The molecular weight excluding hydrogens is 124 g/mol. The summed E-state index contributed by atoms with van der Waals surface area (Å²) in [6.07, 6.45) is 1.80. The van der Waals surface area contributed by atoms with Gasteiger partial charge in [-0.1, -0.05) is 6.92 Å². The van der Waals surface area contributed by atoms with Gasteiger partial charge in [0.05, 0.1) is 5.25 Å². The van der Waals surface area contributed by atoms with Gasteiger partial charge in [0.2, 0.25) is 0 Å². The van der Waals surface area contributed by atoms with E-state index in [0.717, 1.165) is 0 Å². The molecule has 1 radical (unpaired) electrons. The maximum Gasteiger partial charge on any atom is 0.150 e. The molecule has 2 nitrogen and oxygen atoms in total. The quantitative estimate of drug-likeness (QED) is 0.557. The van der Waals surface area contributed by atoms with Crippen molar-refractivity contribution < 1.29 is 8.42 Å². The van der Waals surface area contributed by atoms with E-state index in [4.69, 9.17) is 0 Å². The Labute approximate surface area is 50.8 Å². The van der Waals surface area contributed by atoms with Crippen molar-refractivity contribution in [2.75, 3.05) is 6.26 Å². The largest absolute Gasteiger partial charge is 0.229 e. The fraction of sp³-hybridized carbons (Fsp3) is 0.800. The summed E-state index contributed by atoms with van der Waals surface area (Å²) in [6, 6.07) is 0. The third-order valence-corrected chi connectivity index (χ3v) is 2.61. The zero-order valence-corrected chi connectivity index (χ0v) is 6.03. The molecule has 0 saturated heterocycles. The summed E-state index contributed by atoms with van der Waals surface area (Å²) in [7, 11) is -2.86. The van der Waals surface area contributed by atoms with Gasteiger partial charge in [-0.05, 0) is 13.3 Å². The number of rotatable bonds is 2. The smallest absolute Gasteiger partial charge is 0.150 e. The maximum absolute atomic E-state index is 10.5. The number of sulfone groups is 1. The van der Waals surface area contributed by atoms with Crippen LogP contribution < -0.4 is 0 Å². The monoisotopic (exact) mass is 135 g/mol. The van der Waals surface area contributed by atoms with E-state index in [2.05, 4.69) is 6.92 Å². The van der Waals surface area contributed by atoms with Gasteiger partial charge in [-0.3, -0.25) is 0 Å². The minimum atomic E-state index is -2.86. The van der Waals surface area contributed by atoms with E-state index in [1.54, 1.807) is 6.92 Å². The molecule has 0 aromatic rings. The number of hydrogen-bond acceptors (Lipinski definition) is 2. The second kappa shape index (κ2) is 2.49. The van der Waals surface area contributed by atoms with Crippen molar-refractivity contribution in [3.8, 4) is 0 Å². The van der Waals surface area contributed by atoms with Crippen LogP contribution in [0, 0.1) is 6.92 Å². The lowest BCUT2D eigenvalue weighted by molar-refractivity contribution is 0.592. The van der Waals surface area contributed by atoms with E-state index in [1.165, 1.54) is 6.26 Å². The van der Waals surface area contributed by atoms with Gasteiger partial charge >= 0.3 is 0 Å². The van der Waals surface area contributed by atoms with Crippen LogP contribution in [0.1, 0.15) is 13.3 Å². The van der Waals surface area contributed by atoms with Gasteiger partial charge in [0, 0.05) is 6.26 Å². The van der Waals surface area contributed by atoms with E-state index >= 15 is 0 Å². The van der Waals surface area contributed by atoms with Crippen molar-refractivity contribution in [1.82, 2.24) is 0 Å². The molecule has 0 bridgehead atoms. The van der Waals surface area contributed by atoms with Gasteiger partial charge in [-0.2, -0.15) is 0 Å². The molecule has 0 aromatic carbocycles. The van der Waals surface area contributed by atoms with Crippen molar-refractivity contribution in [2.24, 2.45) is 0 Å². The van der Waals surface area contributed by atoms with Gasteiger partial charge in [-0.25, -0.2) is 8.42 Å². The molecule has 0 saturated carbocycles. The molecule has 8 heavy (non-hydrogen) atoms. The average molecular weight is 135 g/mol. The van der Waals surface area contributed by atoms with Crippen LogP contribution in [0.15, 0.2) is 0 Å². The van der Waals surface area contributed by atoms with E-state index in [9.17, 15) is 8.42 Å². The molecule has 0 fully saturated rings. The summed E-state index contributed by atoms with van der Waals surface area (Å²) in [5, 5.41) is -0.428. The molecule has 0 aliphatic carbocycles. The summed E-state index contributed by atoms with van der Waals surface area (Å²) in [4.78, 5) is 0. The molecule has 0 rings (SSSR count). The first-order valence-corrected chi connectivity index (χ1v) is 4.46. The highest BCUT2D eigenvalue weighted by Crippen LogP contribution is 1.99. The lowest BCUT2D eigenvalue weighted by atomic mass is 10.4. The zero-order chi connectivity index (χ0) is 6.78. The van der Waals surface area contributed by atoms with Crippen LogP contribution in [-0.2, 0) is 9.84 Å². The van der Waals surface area contributed by atoms with E-state index < -0.39 is 15.1 Å². The van der Waals surface area contributed by atoms with Crippen LogP contribution >= 0.6 is 0 Å². The van der Waals surface area contributed by atoms with Crippen LogP contribution in [-0.4, -0.2) is 19.9 Å².